The Balaban J connectivity index is 2.53. The molecule has 0 aliphatic heterocycles. The molecule has 2 rings (SSSR count). The number of rotatable bonds is 5. The van der Waals surface area contributed by atoms with E-state index in [9.17, 15) is 4.79 Å². The number of nitrogens with two attached hydrogens (primary N) is 1. The smallest absolute Gasteiger partial charge is 0.271 e. The Morgan fingerprint density at radius 1 is 1.23 bits per heavy atom. The quantitative estimate of drug-likeness (QED) is 0.921. The summed E-state index contributed by atoms with van der Waals surface area (Å²) in [6, 6.07) is 9.45. The van der Waals surface area contributed by atoms with E-state index in [0.29, 0.717) is 18.7 Å². The lowest BCUT2D eigenvalue weighted by molar-refractivity contribution is 0.340. The summed E-state index contributed by atoms with van der Waals surface area (Å²) in [7, 11) is 0. The highest BCUT2D eigenvalue weighted by Crippen LogP contribution is 2.23. The molecule has 5 heteroatoms. The summed E-state index contributed by atoms with van der Waals surface area (Å²) < 4.78 is 6.90. The predicted octanol–water partition coefficient (Wildman–Crippen LogP) is 2.52. The standard InChI is InChI=1S/C17H23N3O2/c1-5-20-16(21)14(17(3,4)18)11-15(19-20)12-7-9-13(10-8-12)22-6-2/h7-11H,5-6,18H2,1-4H3. The molecule has 118 valence electrons. The van der Waals surface area contributed by atoms with Gasteiger partial charge in [-0.05, 0) is 58.0 Å². The fraction of sp³-hybridized carbons (Fsp3) is 0.412. The van der Waals surface area contributed by atoms with Crippen LogP contribution in [0.1, 0.15) is 33.3 Å². The lowest BCUT2D eigenvalue weighted by Gasteiger charge is -2.20. The maximum Gasteiger partial charge on any atom is 0.271 e. The molecule has 22 heavy (non-hydrogen) atoms. The SMILES string of the molecule is CCOc1ccc(-c2cc(C(C)(C)N)c(=O)n(CC)n2)cc1. The molecule has 2 aromatic rings. The molecule has 0 amide bonds. The molecule has 0 unspecified atom stereocenters. The van der Waals surface area contributed by atoms with E-state index >= 15 is 0 Å². The van der Waals surface area contributed by atoms with E-state index in [1.807, 2.05) is 52.0 Å². The van der Waals surface area contributed by atoms with Crippen molar-refractivity contribution in [1.82, 2.24) is 9.78 Å². The van der Waals surface area contributed by atoms with Gasteiger partial charge in [0.1, 0.15) is 5.75 Å². The van der Waals surface area contributed by atoms with E-state index in [2.05, 4.69) is 5.10 Å². The van der Waals surface area contributed by atoms with E-state index < -0.39 is 5.54 Å². The van der Waals surface area contributed by atoms with Crippen LogP contribution < -0.4 is 16.0 Å². The van der Waals surface area contributed by atoms with Crippen LogP contribution in [0.15, 0.2) is 35.1 Å². The van der Waals surface area contributed by atoms with Crippen LogP contribution in [0.25, 0.3) is 11.3 Å². The number of hydrogen-bond acceptors (Lipinski definition) is 4. The van der Waals surface area contributed by atoms with Crippen LogP contribution >= 0.6 is 0 Å². The highest BCUT2D eigenvalue weighted by molar-refractivity contribution is 5.60. The van der Waals surface area contributed by atoms with Crippen LogP contribution in [0, 0.1) is 0 Å². The minimum absolute atomic E-state index is 0.135. The monoisotopic (exact) mass is 301 g/mol. The first-order chi connectivity index (χ1) is 10.4. The number of nitrogens with zero attached hydrogens (tertiary/aromatic N) is 2. The predicted molar refractivity (Wildman–Crippen MR) is 88.0 cm³/mol. The summed E-state index contributed by atoms with van der Waals surface area (Å²) >= 11 is 0. The third-order valence-electron chi connectivity index (χ3n) is 3.43. The van der Waals surface area contributed by atoms with Crippen LogP contribution in [-0.4, -0.2) is 16.4 Å². The summed E-state index contributed by atoms with van der Waals surface area (Å²) in [6.07, 6.45) is 0. The molecule has 1 heterocycles. The summed E-state index contributed by atoms with van der Waals surface area (Å²) in [5, 5.41) is 4.42. The van der Waals surface area contributed by atoms with Crippen LogP contribution in [0.3, 0.4) is 0 Å². The first-order valence-corrected chi connectivity index (χ1v) is 7.51. The zero-order chi connectivity index (χ0) is 16.3. The van der Waals surface area contributed by atoms with Gasteiger partial charge in [-0.1, -0.05) is 0 Å². The van der Waals surface area contributed by atoms with Crippen molar-refractivity contribution in [1.29, 1.82) is 0 Å². The minimum atomic E-state index is -0.711. The molecule has 1 aromatic heterocycles. The van der Waals surface area contributed by atoms with Gasteiger partial charge in [-0.2, -0.15) is 5.10 Å². The van der Waals surface area contributed by atoms with Crippen molar-refractivity contribution in [3.05, 3.63) is 46.2 Å². The Bertz CT molecular complexity index is 697. The molecule has 0 fully saturated rings. The van der Waals surface area contributed by atoms with Gasteiger partial charge in [-0.25, -0.2) is 4.68 Å². The maximum atomic E-state index is 12.4. The molecule has 0 spiro atoms. The molecule has 0 aliphatic carbocycles. The number of hydrogen-bond donors (Lipinski definition) is 1. The van der Waals surface area contributed by atoms with Crippen LogP contribution in [-0.2, 0) is 12.1 Å². The van der Waals surface area contributed by atoms with Crippen molar-refractivity contribution in [3.8, 4) is 17.0 Å². The second-order valence-electron chi connectivity index (χ2n) is 5.74. The first-order valence-electron chi connectivity index (χ1n) is 7.51. The molecule has 2 N–H and O–H groups in total. The maximum absolute atomic E-state index is 12.4. The number of ether oxygens (including phenoxy) is 1. The van der Waals surface area contributed by atoms with Gasteiger partial charge < -0.3 is 10.5 Å². The summed E-state index contributed by atoms with van der Waals surface area (Å²) in [5.41, 5.74) is 7.51. The Morgan fingerprint density at radius 3 is 2.36 bits per heavy atom. The van der Waals surface area contributed by atoms with E-state index in [4.69, 9.17) is 10.5 Å². The molecular weight excluding hydrogens is 278 g/mol. The van der Waals surface area contributed by atoms with Crippen LogP contribution in [0.5, 0.6) is 5.75 Å². The zero-order valence-corrected chi connectivity index (χ0v) is 13.6. The van der Waals surface area contributed by atoms with Crippen molar-refractivity contribution in [2.24, 2.45) is 5.73 Å². The third kappa shape index (κ3) is 3.36. The summed E-state index contributed by atoms with van der Waals surface area (Å²) in [5.74, 6) is 0.814. The van der Waals surface area contributed by atoms with Crippen LogP contribution in [0.2, 0.25) is 0 Å². The van der Waals surface area contributed by atoms with Gasteiger partial charge in [0.25, 0.3) is 5.56 Å². The minimum Gasteiger partial charge on any atom is -0.494 e. The molecule has 0 bridgehead atoms. The molecule has 0 atom stereocenters. The Kier molecular flexibility index (Phi) is 4.66. The zero-order valence-electron chi connectivity index (χ0n) is 13.6. The van der Waals surface area contributed by atoms with E-state index in [-0.39, 0.29) is 5.56 Å². The fourth-order valence-corrected chi connectivity index (χ4v) is 2.25. The third-order valence-corrected chi connectivity index (χ3v) is 3.43. The largest absolute Gasteiger partial charge is 0.494 e. The fourth-order valence-electron chi connectivity index (χ4n) is 2.25. The summed E-state index contributed by atoms with van der Waals surface area (Å²) in [6.45, 7) is 8.62. The lowest BCUT2D eigenvalue weighted by atomic mass is 9.96. The number of aromatic nitrogens is 2. The first kappa shape index (κ1) is 16.2. The van der Waals surface area contributed by atoms with Gasteiger partial charge >= 0.3 is 0 Å². The van der Waals surface area contributed by atoms with E-state index in [1.165, 1.54) is 4.68 Å². The topological polar surface area (TPSA) is 70.1 Å². The van der Waals surface area contributed by atoms with Gasteiger partial charge in [-0.3, -0.25) is 4.79 Å². The van der Waals surface area contributed by atoms with Gasteiger partial charge in [0, 0.05) is 23.2 Å². The molecule has 0 aliphatic rings. The van der Waals surface area contributed by atoms with Crippen molar-refractivity contribution in [2.45, 2.75) is 39.8 Å². The molecule has 5 nitrogen and oxygen atoms in total. The second-order valence-corrected chi connectivity index (χ2v) is 5.74. The van der Waals surface area contributed by atoms with Crippen molar-refractivity contribution < 1.29 is 4.74 Å². The number of aryl methyl sites for hydroxylation is 1. The lowest BCUT2D eigenvalue weighted by Crippen LogP contribution is -2.39. The number of benzene rings is 1. The van der Waals surface area contributed by atoms with Gasteiger partial charge in [0.05, 0.1) is 12.3 Å². The Morgan fingerprint density at radius 2 is 1.86 bits per heavy atom. The normalized spacial score (nSPS) is 11.5. The average molecular weight is 301 g/mol. The van der Waals surface area contributed by atoms with Crippen molar-refractivity contribution in [2.75, 3.05) is 6.61 Å². The molecule has 1 aromatic carbocycles. The highest BCUT2D eigenvalue weighted by atomic mass is 16.5. The van der Waals surface area contributed by atoms with Crippen molar-refractivity contribution >= 4 is 0 Å². The molecule has 0 saturated heterocycles. The highest BCUT2D eigenvalue weighted by Gasteiger charge is 2.21. The van der Waals surface area contributed by atoms with Gasteiger partial charge in [0.2, 0.25) is 0 Å². The van der Waals surface area contributed by atoms with E-state index in [1.54, 1.807) is 6.07 Å². The Hall–Kier alpha value is -2.14. The molecule has 0 saturated carbocycles. The van der Waals surface area contributed by atoms with E-state index in [0.717, 1.165) is 17.0 Å². The summed E-state index contributed by atoms with van der Waals surface area (Å²) in [4.78, 5) is 12.4. The van der Waals surface area contributed by atoms with Crippen molar-refractivity contribution in [3.63, 3.8) is 0 Å². The second kappa shape index (κ2) is 6.32. The molecule has 0 radical (unpaired) electrons. The van der Waals surface area contributed by atoms with Crippen LogP contribution in [0.4, 0.5) is 0 Å². The van der Waals surface area contributed by atoms with Gasteiger partial charge in [-0.15, -0.1) is 0 Å². The average Bonchev–Trinajstić information content (AvgIpc) is 2.47. The Labute approximate surface area is 130 Å². The molecular formula is C17H23N3O2. The van der Waals surface area contributed by atoms with Gasteiger partial charge in [0.15, 0.2) is 0 Å².